The summed E-state index contributed by atoms with van der Waals surface area (Å²) in [5.41, 5.74) is 3.90. The standard InChI is InChI=1S/C18H24N6OS/c1-11(2)17-22-14(9-26-17)8-23(5)16(25)7-6-15-12(3)21-18-19-10-20-24(18)13(15)4/h9-11H,6-8H2,1-5H3. The van der Waals surface area contributed by atoms with Crippen LogP contribution in [0.1, 0.15) is 53.8 Å². The average Bonchev–Trinajstić information content (AvgIpc) is 3.23. The zero-order chi connectivity index (χ0) is 18.8. The smallest absolute Gasteiger partial charge is 0.252 e. The first-order valence-electron chi connectivity index (χ1n) is 8.71. The van der Waals surface area contributed by atoms with E-state index in [1.165, 1.54) is 6.33 Å². The lowest BCUT2D eigenvalue weighted by Crippen LogP contribution is -2.26. The van der Waals surface area contributed by atoms with E-state index in [-0.39, 0.29) is 5.91 Å². The predicted octanol–water partition coefficient (Wildman–Crippen LogP) is 2.91. The van der Waals surface area contributed by atoms with E-state index in [1.54, 1.807) is 20.8 Å². The fourth-order valence-electron chi connectivity index (χ4n) is 2.93. The van der Waals surface area contributed by atoms with Crippen molar-refractivity contribution in [3.8, 4) is 0 Å². The molecule has 0 aliphatic rings. The minimum absolute atomic E-state index is 0.0987. The lowest BCUT2D eigenvalue weighted by atomic mass is 10.1. The third-order valence-corrected chi connectivity index (χ3v) is 5.66. The predicted molar refractivity (Wildman–Crippen MR) is 101 cm³/mol. The van der Waals surface area contributed by atoms with Crippen LogP contribution in [0.25, 0.3) is 5.78 Å². The van der Waals surface area contributed by atoms with Gasteiger partial charge in [0.05, 0.1) is 17.2 Å². The summed E-state index contributed by atoms with van der Waals surface area (Å²) in [6.07, 6.45) is 2.57. The van der Waals surface area contributed by atoms with Gasteiger partial charge in [-0.1, -0.05) is 13.8 Å². The van der Waals surface area contributed by atoms with Crippen molar-refractivity contribution in [2.75, 3.05) is 7.05 Å². The number of aromatic nitrogens is 5. The second-order valence-electron chi connectivity index (χ2n) is 6.81. The van der Waals surface area contributed by atoms with Gasteiger partial charge in [-0.05, 0) is 25.8 Å². The highest BCUT2D eigenvalue weighted by Crippen LogP contribution is 2.20. The molecule has 138 valence electrons. The van der Waals surface area contributed by atoms with Crippen molar-refractivity contribution in [3.05, 3.63) is 39.4 Å². The van der Waals surface area contributed by atoms with Crippen LogP contribution in [-0.4, -0.2) is 42.4 Å². The number of carbonyl (C=O) groups is 1. The largest absolute Gasteiger partial charge is 0.340 e. The Morgan fingerprint density at radius 3 is 2.77 bits per heavy atom. The Morgan fingerprint density at radius 1 is 1.31 bits per heavy atom. The molecule has 1 amide bonds. The van der Waals surface area contributed by atoms with Crippen LogP contribution in [0.15, 0.2) is 11.7 Å². The van der Waals surface area contributed by atoms with Gasteiger partial charge >= 0.3 is 0 Å². The van der Waals surface area contributed by atoms with E-state index < -0.39 is 0 Å². The first-order chi connectivity index (χ1) is 12.4. The summed E-state index contributed by atoms with van der Waals surface area (Å²) in [7, 11) is 1.83. The first kappa shape index (κ1) is 18.4. The molecule has 3 aromatic rings. The second kappa shape index (κ2) is 7.49. The Labute approximate surface area is 157 Å². The van der Waals surface area contributed by atoms with Crippen LogP contribution in [0.3, 0.4) is 0 Å². The van der Waals surface area contributed by atoms with E-state index in [9.17, 15) is 4.79 Å². The Bertz CT molecular complexity index is 929. The molecule has 0 bridgehead atoms. The highest BCUT2D eigenvalue weighted by molar-refractivity contribution is 7.09. The maximum atomic E-state index is 12.5. The average molecular weight is 372 g/mol. The Morgan fingerprint density at radius 2 is 2.08 bits per heavy atom. The molecule has 0 fully saturated rings. The zero-order valence-electron chi connectivity index (χ0n) is 15.9. The minimum atomic E-state index is 0.0987. The van der Waals surface area contributed by atoms with Crippen molar-refractivity contribution < 1.29 is 4.79 Å². The van der Waals surface area contributed by atoms with Gasteiger partial charge in [-0.3, -0.25) is 4.79 Å². The molecule has 0 aromatic carbocycles. The number of fused-ring (bicyclic) bond motifs is 1. The van der Waals surface area contributed by atoms with Crippen molar-refractivity contribution in [1.82, 2.24) is 29.5 Å². The number of carbonyl (C=O) groups excluding carboxylic acids is 1. The van der Waals surface area contributed by atoms with Crippen molar-refractivity contribution in [2.24, 2.45) is 0 Å². The molecule has 0 radical (unpaired) electrons. The fraction of sp³-hybridized carbons (Fsp3) is 0.500. The lowest BCUT2D eigenvalue weighted by Gasteiger charge is -2.17. The molecule has 8 heteroatoms. The van der Waals surface area contributed by atoms with Gasteiger partial charge in [0.1, 0.15) is 6.33 Å². The van der Waals surface area contributed by atoms with Crippen LogP contribution < -0.4 is 0 Å². The molecule has 0 aliphatic carbocycles. The highest BCUT2D eigenvalue weighted by Gasteiger charge is 2.16. The van der Waals surface area contributed by atoms with Gasteiger partial charge in [-0.25, -0.2) is 14.5 Å². The summed E-state index contributed by atoms with van der Waals surface area (Å²) in [6, 6.07) is 0. The Balaban J connectivity index is 1.64. The maximum absolute atomic E-state index is 12.5. The molecule has 0 spiro atoms. The van der Waals surface area contributed by atoms with Crippen molar-refractivity contribution in [2.45, 2.75) is 53.0 Å². The second-order valence-corrected chi connectivity index (χ2v) is 7.70. The van der Waals surface area contributed by atoms with Crippen LogP contribution in [0.5, 0.6) is 0 Å². The number of hydrogen-bond donors (Lipinski definition) is 0. The highest BCUT2D eigenvalue weighted by atomic mass is 32.1. The van der Waals surface area contributed by atoms with Gasteiger partial charge in [0.2, 0.25) is 5.91 Å². The Hall–Kier alpha value is -2.35. The summed E-state index contributed by atoms with van der Waals surface area (Å²) in [5, 5.41) is 7.34. The summed E-state index contributed by atoms with van der Waals surface area (Å²) in [5.74, 6) is 1.11. The number of aryl methyl sites for hydroxylation is 2. The van der Waals surface area contributed by atoms with Crippen LogP contribution in [0.4, 0.5) is 0 Å². The van der Waals surface area contributed by atoms with Crippen LogP contribution >= 0.6 is 11.3 Å². The number of nitrogens with zero attached hydrogens (tertiary/aromatic N) is 6. The molecule has 0 saturated heterocycles. The summed E-state index contributed by atoms with van der Waals surface area (Å²) >= 11 is 1.65. The normalized spacial score (nSPS) is 11.5. The summed E-state index contributed by atoms with van der Waals surface area (Å²) < 4.78 is 1.72. The van der Waals surface area contributed by atoms with Gasteiger partial charge in [0.15, 0.2) is 0 Å². The van der Waals surface area contributed by atoms with Crippen LogP contribution in [0.2, 0.25) is 0 Å². The van der Waals surface area contributed by atoms with Gasteiger partial charge in [-0.15, -0.1) is 11.3 Å². The van der Waals surface area contributed by atoms with Crippen molar-refractivity contribution in [3.63, 3.8) is 0 Å². The molecule has 0 N–H and O–H groups in total. The molecule has 3 heterocycles. The van der Waals surface area contributed by atoms with Crippen LogP contribution in [0, 0.1) is 13.8 Å². The minimum Gasteiger partial charge on any atom is -0.340 e. The van der Waals surface area contributed by atoms with E-state index in [1.807, 2.05) is 26.3 Å². The lowest BCUT2D eigenvalue weighted by molar-refractivity contribution is -0.130. The maximum Gasteiger partial charge on any atom is 0.252 e. The van der Waals surface area contributed by atoms with E-state index in [4.69, 9.17) is 0 Å². The van der Waals surface area contributed by atoms with E-state index in [0.29, 0.717) is 31.1 Å². The summed E-state index contributed by atoms with van der Waals surface area (Å²) in [4.78, 5) is 27.5. The number of hydrogen-bond acceptors (Lipinski definition) is 6. The van der Waals surface area contributed by atoms with E-state index >= 15 is 0 Å². The third-order valence-electron chi connectivity index (χ3n) is 4.47. The molecule has 0 saturated carbocycles. The molecule has 0 unspecified atom stereocenters. The number of amides is 1. The molecule has 3 aromatic heterocycles. The van der Waals surface area contributed by atoms with Gasteiger partial charge < -0.3 is 4.90 Å². The van der Waals surface area contributed by atoms with Gasteiger partial charge in [0, 0.05) is 36.2 Å². The fourth-order valence-corrected chi connectivity index (χ4v) is 3.76. The van der Waals surface area contributed by atoms with Crippen molar-refractivity contribution >= 4 is 23.0 Å². The van der Waals surface area contributed by atoms with Gasteiger partial charge in [-0.2, -0.15) is 10.1 Å². The monoisotopic (exact) mass is 372 g/mol. The molecule has 26 heavy (non-hydrogen) atoms. The SMILES string of the molecule is Cc1nc2ncnn2c(C)c1CCC(=O)N(C)Cc1csc(C(C)C)n1. The third kappa shape index (κ3) is 3.75. The summed E-state index contributed by atoms with van der Waals surface area (Å²) in [6.45, 7) is 8.74. The van der Waals surface area contributed by atoms with Gasteiger partial charge in [0.25, 0.3) is 5.78 Å². The molecular formula is C18H24N6OS. The molecular weight excluding hydrogens is 348 g/mol. The number of thiazole rings is 1. The first-order valence-corrected chi connectivity index (χ1v) is 9.59. The van der Waals surface area contributed by atoms with Crippen molar-refractivity contribution in [1.29, 1.82) is 0 Å². The van der Waals surface area contributed by atoms with E-state index in [0.717, 1.165) is 27.7 Å². The van der Waals surface area contributed by atoms with Crippen LogP contribution in [-0.2, 0) is 17.8 Å². The topological polar surface area (TPSA) is 76.3 Å². The molecule has 0 aliphatic heterocycles. The molecule has 7 nitrogen and oxygen atoms in total. The molecule has 3 rings (SSSR count). The van der Waals surface area contributed by atoms with E-state index in [2.05, 4.69) is 33.9 Å². The number of rotatable bonds is 6. The quantitative estimate of drug-likeness (QED) is 0.665. The zero-order valence-corrected chi connectivity index (χ0v) is 16.7. The Kier molecular flexibility index (Phi) is 5.31. The molecule has 0 atom stereocenters.